The van der Waals surface area contributed by atoms with E-state index in [0.717, 1.165) is 38.8 Å². The molecule has 0 amide bonds. The van der Waals surface area contributed by atoms with Crippen LogP contribution in [0.2, 0.25) is 0 Å². The molecule has 6 fully saturated rings. The van der Waals surface area contributed by atoms with Crippen molar-refractivity contribution in [3.63, 3.8) is 0 Å². The Morgan fingerprint density at radius 1 is 0.886 bits per heavy atom. The van der Waals surface area contributed by atoms with E-state index in [9.17, 15) is 9.59 Å². The normalized spacial score (nSPS) is 49.2. The highest BCUT2D eigenvalue weighted by Gasteiger charge is 2.72. The molecule has 0 radical (unpaired) electrons. The van der Waals surface area contributed by atoms with E-state index in [1.165, 1.54) is 62.6 Å². The molecule has 0 aromatic carbocycles. The van der Waals surface area contributed by atoms with E-state index in [0.29, 0.717) is 29.6 Å². The van der Waals surface area contributed by atoms with E-state index in [2.05, 4.69) is 53.0 Å². The van der Waals surface area contributed by atoms with Gasteiger partial charge in [-0.2, -0.15) is 0 Å². The van der Waals surface area contributed by atoms with Crippen LogP contribution < -0.4 is 0 Å². The van der Waals surface area contributed by atoms with Crippen molar-refractivity contribution in [3.05, 3.63) is 23.9 Å². The summed E-state index contributed by atoms with van der Waals surface area (Å²) in [5.74, 6) is 2.62. The molecule has 5 aliphatic carbocycles. The predicted octanol–water partition coefficient (Wildman–Crippen LogP) is 8.48. The Bertz CT molecular complexity index is 1260. The standard InChI is InChI=1S/C39H59NO4/c1-24(2)26-13-18-39(34-28(23-32(42)44-34)40-21-9-10-22-40)20-19-37(7)27(33(26)39)11-12-30-36(6)16-15-31(43-25(3)41)35(4,5)29(36)14-17-38(30,37)8/h23,26-27,29-31,33-34H,1,9-22H2,2-8H3/t26-,27+,29-,30+,31-,33+,34+,36-,37+,38+,39-/m0/s1. The summed E-state index contributed by atoms with van der Waals surface area (Å²) >= 11 is 0. The zero-order valence-corrected chi connectivity index (χ0v) is 28.8. The minimum Gasteiger partial charge on any atom is -0.462 e. The Morgan fingerprint density at radius 2 is 1.61 bits per heavy atom. The fraction of sp³-hybridized carbons (Fsp3) is 0.846. The number of allylic oxidation sites excluding steroid dienone is 1. The maximum Gasteiger partial charge on any atom is 0.333 e. The van der Waals surface area contributed by atoms with Gasteiger partial charge in [-0.3, -0.25) is 4.79 Å². The number of cyclic esters (lactones) is 1. The topological polar surface area (TPSA) is 55.8 Å². The number of nitrogens with zero attached hydrogens (tertiary/aromatic N) is 1. The van der Waals surface area contributed by atoms with E-state index in [1.54, 1.807) is 6.92 Å². The van der Waals surface area contributed by atoms with Gasteiger partial charge in [-0.05, 0) is 130 Å². The molecular formula is C39H59NO4. The Hall–Kier alpha value is -1.78. The van der Waals surface area contributed by atoms with Crippen molar-refractivity contribution in [1.82, 2.24) is 4.90 Å². The van der Waals surface area contributed by atoms with Gasteiger partial charge in [0.2, 0.25) is 0 Å². The first-order valence-electron chi connectivity index (χ1n) is 18.2. The molecule has 5 saturated carbocycles. The number of carbonyl (C=O) groups is 2. The lowest BCUT2D eigenvalue weighted by Gasteiger charge is -2.73. The van der Waals surface area contributed by atoms with Crippen LogP contribution in [0.5, 0.6) is 0 Å². The molecule has 0 aromatic heterocycles. The number of ether oxygens (including phenoxy) is 2. The summed E-state index contributed by atoms with van der Waals surface area (Å²) in [4.78, 5) is 27.5. The molecule has 2 aliphatic heterocycles. The van der Waals surface area contributed by atoms with Crippen LogP contribution >= 0.6 is 0 Å². The summed E-state index contributed by atoms with van der Waals surface area (Å²) in [5.41, 5.74) is 3.30. The first-order valence-corrected chi connectivity index (χ1v) is 18.2. The largest absolute Gasteiger partial charge is 0.462 e. The SMILES string of the molecule is C=C(C)[C@@H]1CC[C@]2([C@@H]3OC(=O)C=C3N3CCCC3)CC[C@]3(C)[C@H](CC[C@@H]4[C@@]5(C)CC[C@H](OC(C)=O)C(C)(C)[C@@H]5CC[C@]43C)[C@@H]12. The maximum absolute atomic E-state index is 13.0. The summed E-state index contributed by atoms with van der Waals surface area (Å²) in [5, 5.41) is 0. The molecule has 7 aliphatic rings. The van der Waals surface area contributed by atoms with E-state index in [-0.39, 0.29) is 51.2 Å². The molecule has 44 heavy (non-hydrogen) atoms. The molecule has 7 rings (SSSR count). The second-order valence-electron chi connectivity index (χ2n) is 18.0. The van der Waals surface area contributed by atoms with Gasteiger partial charge in [0, 0.05) is 36.9 Å². The lowest BCUT2D eigenvalue weighted by atomic mass is 9.32. The van der Waals surface area contributed by atoms with Gasteiger partial charge in [0.1, 0.15) is 12.2 Å². The van der Waals surface area contributed by atoms with Crippen LogP contribution in [0.25, 0.3) is 0 Å². The molecule has 0 unspecified atom stereocenters. The smallest absolute Gasteiger partial charge is 0.333 e. The van der Waals surface area contributed by atoms with Crippen LogP contribution in [-0.4, -0.2) is 42.1 Å². The maximum atomic E-state index is 13.0. The molecule has 5 nitrogen and oxygen atoms in total. The third-order valence-corrected chi connectivity index (χ3v) is 16.1. The summed E-state index contributed by atoms with van der Waals surface area (Å²) < 4.78 is 12.4. The molecule has 244 valence electrons. The molecule has 0 aromatic rings. The van der Waals surface area contributed by atoms with Crippen molar-refractivity contribution in [2.75, 3.05) is 13.1 Å². The number of hydrogen-bond donors (Lipinski definition) is 0. The first kappa shape index (κ1) is 30.9. The average Bonchev–Trinajstić information content (AvgIpc) is 3.69. The molecule has 2 heterocycles. The summed E-state index contributed by atoms with van der Waals surface area (Å²) in [6, 6.07) is 0. The lowest BCUT2D eigenvalue weighted by molar-refractivity contribution is -0.254. The van der Waals surface area contributed by atoms with E-state index >= 15 is 0 Å². The Balaban J connectivity index is 1.25. The summed E-state index contributed by atoms with van der Waals surface area (Å²) in [7, 11) is 0. The van der Waals surface area contributed by atoms with Gasteiger partial charge in [-0.25, -0.2) is 4.79 Å². The van der Waals surface area contributed by atoms with Crippen LogP contribution in [0.4, 0.5) is 0 Å². The number of likely N-dealkylation sites (tertiary alicyclic amines) is 1. The van der Waals surface area contributed by atoms with E-state index < -0.39 is 0 Å². The summed E-state index contributed by atoms with van der Waals surface area (Å²) in [6.07, 6.45) is 16.1. The monoisotopic (exact) mass is 605 g/mol. The number of rotatable bonds is 4. The van der Waals surface area contributed by atoms with Gasteiger partial charge in [-0.15, -0.1) is 0 Å². The van der Waals surface area contributed by atoms with Crippen molar-refractivity contribution < 1.29 is 19.1 Å². The molecule has 11 atom stereocenters. The highest BCUT2D eigenvalue weighted by molar-refractivity contribution is 5.86. The van der Waals surface area contributed by atoms with Gasteiger partial charge >= 0.3 is 11.9 Å². The Labute approximate surface area is 266 Å². The van der Waals surface area contributed by atoms with Crippen molar-refractivity contribution >= 4 is 11.9 Å². The zero-order chi connectivity index (χ0) is 31.4. The minimum absolute atomic E-state index is 0.0133. The number of hydrogen-bond acceptors (Lipinski definition) is 5. The lowest BCUT2D eigenvalue weighted by Crippen LogP contribution is -2.67. The fourth-order valence-electron chi connectivity index (χ4n) is 14.1. The quantitative estimate of drug-likeness (QED) is 0.238. The van der Waals surface area contributed by atoms with Crippen molar-refractivity contribution in [2.24, 2.45) is 56.7 Å². The van der Waals surface area contributed by atoms with Gasteiger partial charge in [0.05, 0.1) is 5.70 Å². The van der Waals surface area contributed by atoms with Gasteiger partial charge in [-0.1, -0.05) is 46.8 Å². The Kier molecular flexibility index (Phi) is 7.09. The fourth-order valence-corrected chi connectivity index (χ4v) is 14.1. The molecule has 0 N–H and O–H groups in total. The zero-order valence-electron chi connectivity index (χ0n) is 28.8. The van der Waals surface area contributed by atoms with Gasteiger partial charge < -0.3 is 14.4 Å². The third kappa shape index (κ3) is 4.01. The highest BCUT2D eigenvalue weighted by atomic mass is 16.6. The van der Waals surface area contributed by atoms with Crippen LogP contribution in [-0.2, 0) is 19.1 Å². The van der Waals surface area contributed by atoms with Gasteiger partial charge in [0.25, 0.3) is 0 Å². The molecule has 0 bridgehead atoms. The number of carbonyl (C=O) groups excluding carboxylic acids is 2. The second-order valence-corrected chi connectivity index (χ2v) is 18.0. The minimum atomic E-state index is -0.134. The molecular weight excluding hydrogens is 546 g/mol. The van der Waals surface area contributed by atoms with Crippen LogP contribution in [0.15, 0.2) is 23.9 Å². The Morgan fingerprint density at radius 3 is 2.30 bits per heavy atom. The molecule has 1 saturated heterocycles. The molecule has 5 heteroatoms. The average molecular weight is 606 g/mol. The van der Waals surface area contributed by atoms with Gasteiger partial charge in [0.15, 0.2) is 0 Å². The van der Waals surface area contributed by atoms with Crippen LogP contribution in [0, 0.1) is 56.7 Å². The number of fused-ring (bicyclic) bond motifs is 7. The molecule has 0 spiro atoms. The van der Waals surface area contributed by atoms with E-state index in [1.807, 2.05) is 6.08 Å². The second kappa shape index (κ2) is 10.1. The predicted molar refractivity (Wildman–Crippen MR) is 173 cm³/mol. The summed E-state index contributed by atoms with van der Waals surface area (Å²) in [6.45, 7) is 23.3. The highest BCUT2D eigenvalue weighted by Crippen LogP contribution is 2.78. The van der Waals surface area contributed by atoms with Crippen LogP contribution in [0.1, 0.15) is 126 Å². The van der Waals surface area contributed by atoms with Crippen molar-refractivity contribution in [3.8, 4) is 0 Å². The van der Waals surface area contributed by atoms with Crippen molar-refractivity contribution in [1.29, 1.82) is 0 Å². The number of esters is 2. The van der Waals surface area contributed by atoms with Crippen molar-refractivity contribution in [2.45, 2.75) is 138 Å². The third-order valence-electron chi connectivity index (χ3n) is 16.1. The van der Waals surface area contributed by atoms with E-state index in [4.69, 9.17) is 9.47 Å². The van der Waals surface area contributed by atoms with Crippen LogP contribution in [0.3, 0.4) is 0 Å². The first-order chi connectivity index (χ1) is 20.7.